The Morgan fingerprint density at radius 2 is 2.06 bits per heavy atom. The lowest BCUT2D eigenvalue weighted by Crippen LogP contribution is -2.37. The summed E-state index contributed by atoms with van der Waals surface area (Å²) >= 11 is 0. The highest BCUT2D eigenvalue weighted by molar-refractivity contribution is 5.78. The van der Waals surface area contributed by atoms with Gasteiger partial charge in [-0.05, 0) is 25.5 Å². The number of aliphatic hydroxyl groups excluding tert-OH is 1. The first kappa shape index (κ1) is 13.1. The van der Waals surface area contributed by atoms with Gasteiger partial charge < -0.3 is 15.7 Å². The minimum atomic E-state index is -0.492. The van der Waals surface area contributed by atoms with Gasteiger partial charge in [0.15, 0.2) is 0 Å². The van der Waals surface area contributed by atoms with E-state index in [1.807, 2.05) is 30.3 Å². The normalized spacial score (nSPS) is 18.1. The van der Waals surface area contributed by atoms with Gasteiger partial charge in [-0.1, -0.05) is 30.3 Å². The number of nitrogens with one attached hydrogen (secondary N) is 2. The Hall–Kier alpha value is -1.39. The van der Waals surface area contributed by atoms with Crippen LogP contribution in [0.25, 0.3) is 0 Å². The highest BCUT2D eigenvalue weighted by atomic mass is 16.3. The molecule has 1 atom stereocenters. The Morgan fingerprint density at radius 1 is 1.39 bits per heavy atom. The van der Waals surface area contributed by atoms with Crippen molar-refractivity contribution in [1.29, 1.82) is 0 Å². The molecule has 0 bridgehead atoms. The zero-order chi connectivity index (χ0) is 13.0. The molecular weight excluding hydrogens is 228 g/mol. The number of amides is 1. The molecule has 1 unspecified atom stereocenters. The molecule has 4 heteroatoms. The molecule has 4 nitrogen and oxygen atoms in total. The lowest BCUT2D eigenvalue weighted by molar-refractivity contribution is -0.120. The van der Waals surface area contributed by atoms with Gasteiger partial charge in [0, 0.05) is 12.0 Å². The number of carbonyl (C=O) groups excluding carboxylic acids is 1. The zero-order valence-electron chi connectivity index (χ0n) is 10.6. The molecule has 98 valence electrons. The van der Waals surface area contributed by atoms with Crippen molar-refractivity contribution in [2.75, 3.05) is 20.1 Å². The van der Waals surface area contributed by atoms with E-state index in [1.54, 1.807) is 7.05 Å². The van der Waals surface area contributed by atoms with Gasteiger partial charge in [0.25, 0.3) is 0 Å². The Morgan fingerprint density at radius 3 is 2.61 bits per heavy atom. The van der Waals surface area contributed by atoms with E-state index in [0.29, 0.717) is 13.1 Å². The molecule has 1 aromatic rings. The van der Waals surface area contributed by atoms with Crippen LogP contribution in [-0.2, 0) is 4.79 Å². The second-order valence-corrected chi connectivity index (χ2v) is 4.98. The molecule has 0 spiro atoms. The molecule has 1 amide bonds. The first-order valence-corrected chi connectivity index (χ1v) is 6.32. The number of hydrogen-bond acceptors (Lipinski definition) is 3. The van der Waals surface area contributed by atoms with Crippen molar-refractivity contribution in [1.82, 2.24) is 10.6 Å². The molecule has 0 heterocycles. The van der Waals surface area contributed by atoms with Crippen LogP contribution in [0.5, 0.6) is 0 Å². The third-order valence-corrected chi connectivity index (χ3v) is 3.56. The zero-order valence-corrected chi connectivity index (χ0v) is 10.6. The van der Waals surface area contributed by atoms with E-state index < -0.39 is 6.10 Å². The number of hydrogen-bond donors (Lipinski definition) is 3. The number of rotatable bonds is 6. The topological polar surface area (TPSA) is 61.4 Å². The minimum Gasteiger partial charge on any atom is -0.388 e. The second-order valence-electron chi connectivity index (χ2n) is 4.98. The van der Waals surface area contributed by atoms with Gasteiger partial charge in [-0.2, -0.15) is 0 Å². The molecule has 1 aromatic carbocycles. The van der Waals surface area contributed by atoms with Gasteiger partial charge >= 0.3 is 0 Å². The van der Waals surface area contributed by atoms with E-state index in [4.69, 9.17) is 0 Å². The van der Waals surface area contributed by atoms with Crippen LogP contribution in [0, 0.1) is 5.41 Å². The summed E-state index contributed by atoms with van der Waals surface area (Å²) in [7, 11) is 1.74. The second kappa shape index (κ2) is 5.50. The van der Waals surface area contributed by atoms with Crippen LogP contribution in [0.4, 0.5) is 0 Å². The Labute approximate surface area is 107 Å². The summed E-state index contributed by atoms with van der Waals surface area (Å²) in [5.41, 5.74) is 0.767. The third kappa shape index (κ3) is 2.89. The molecule has 1 aliphatic rings. The smallest absolute Gasteiger partial charge is 0.233 e. The predicted octanol–water partition coefficient (Wildman–Crippen LogP) is 0.836. The summed E-state index contributed by atoms with van der Waals surface area (Å²) < 4.78 is 0. The number of carbonyl (C=O) groups is 1. The van der Waals surface area contributed by atoms with E-state index in [1.165, 1.54) is 0 Å². The van der Waals surface area contributed by atoms with Crippen molar-refractivity contribution in [2.24, 2.45) is 5.41 Å². The SMILES string of the molecule is CNCC(=O)NCC1(C(O)c2ccccc2)CC1. The molecule has 3 N–H and O–H groups in total. The van der Waals surface area contributed by atoms with Crippen LogP contribution in [-0.4, -0.2) is 31.2 Å². The Bertz CT molecular complexity index is 402. The van der Waals surface area contributed by atoms with E-state index in [0.717, 1.165) is 18.4 Å². The van der Waals surface area contributed by atoms with Crippen LogP contribution in [0.2, 0.25) is 0 Å². The summed E-state index contributed by atoms with van der Waals surface area (Å²) in [6, 6.07) is 9.65. The van der Waals surface area contributed by atoms with E-state index in [-0.39, 0.29) is 11.3 Å². The summed E-state index contributed by atoms with van der Waals surface area (Å²) in [6.07, 6.45) is 1.43. The largest absolute Gasteiger partial charge is 0.388 e. The van der Waals surface area contributed by atoms with E-state index >= 15 is 0 Å². The molecule has 1 fully saturated rings. The van der Waals surface area contributed by atoms with Crippen LogP contribution < -0.4 is 10.6 Å². The summed E-state index contributed by atoms with van der Waals surface area (Å²) in [4.78, 5) is 11.4. The number of likely N-dealkylation sites (N-methyl/N-ethyl adjacent to an activating group) is 1. The van der Waals surface area contributed by atoms with Gasteiger partial charge in [-0.15, -0.1) is 0 Å². The minimum absolute atomic E-state index is 0.0240. The highest BCUT2D eigenvalue weighted by Gasteiger charge is 2.49. The van der Waals surface area contributed by atoms with Crippen molar-refractivity contribution < 1.29 is 9.90 Å². The fourth-order valence-electron chi connectivity index (χ4n) is 2.19. The Balaban J connectivity index is 1.93. The fourth-order valence-corrected chi connectivity index (χ4v) is 2.19. The van der Waals surface area contributed by atoms with Gasteiger partial charge in [0.1, 0.15) is 0 Å². The van der Waals surface area contributed by atoms with Crippen LogP contribution in [0.15, 0.2) is 30.3 Å². The first-order chi connectivity index (χ1) is 8.68. The molecule has 1 aliphatic carbocycles. The van der Waals surface area contributed by atoms with Gasteiger partial charge in [0.2, 0.25) is 5.91 Å². The van der Waals surface area contributed by atoms with Crippen LogP contribution >= 0.6 is 0 Å². The van der Waals surface area contributed by atoms with E-state index in [9.17, 15) is 9.90 Å². The van der Waals surface area contributed by atoms with Crippen LogP contribution in [0.3, 0.4) is 0 Å². The molecule has 0 aromatic heterocycles. The van der Waals surface area contributed by atoms with E-state index in [2.05, 4.69) is 10.6 Å². The number of aliphatic hydroxyl groups is 1. The maximum absolute atomic E-state index is 11.4. The standard InChI is InChI=1S/C14H20N2O2/c1-15-9-12(17)16-10-14(7-8-14)13(18)11-5-3-2-4-6-11/h2-6,13,15,18H,7-10H2,1H3,(H,16,17). The van der Waals surface area contributed by atoms with Crippen molar-refractivity contribution >= 4 is 5.91 Å². The molecular formula is C14H20N2O2. The van der Waals surface area contributed by atoms with Gasteiger partial charge in [-0.25, -0.2) is 0 Å². The van der Waals surface area contributed by atoms with Crippen LogP contribution in [0.1, 0.15) is 24.5 Å². The number of benzene rings is 1. The Kier molecular flexibility index (Phi) is 3.99. The maximum atomic E-state index is 11.4. The summed E-state index contributed by atoms with van der Waals surface area (Å²) in [6.45, 7) is 0.862. The monoisotopic (exact) mass is 248 g/mol. The quantitative estimate of drug-likeness (QED) is 0.699. The molecule has 2 rings (SSSR count). The lowest BCUT2D eigenvalue weighted by atomic mass is 9.92. The fraction of sp³-hybridized carbons (Fsp3) is 0.500. The van der Waals surface area contributed by atoms with Crippen molar-refractivity contribution in [3.63, 3.8) is 0 Å². The molecule has 1 saturated carbocycles. The van der Waals surface area contributed by atoms with Crippen molar-refractivity contribution in [3.8, 4) is 0 Å². The first-order valence-electron chi connectivity index (χ1n) is 6.32. The summed E-state index contributed by atoms with van der Waals surface area (Å²) in [5.74, 6) is -0.0240. The third-order valence-electron chi connectivity index (χ3n) is 3.56. The predicted molar refractivity (Wildman–Crippen MR) is 70.0 cm³/mol. The average Bonchev–Trinajstić information content (AvgIpc) is 3.18. The van der Waals surface area contributed by atoms with Crippen molar-refractivity contribution in [2.45, 2.75) is 18.9 Å². The van der Waals surface area contributed by atoms with Gasteiger partial charge in [-0.3, -0.25) is 4.79 Å². The highest BCUT2D eigenvalue weighted by Crippen LogP contribution is 2.54. The molecule has 18 heavy (non-hydrogen) atoms. The van der Waals surface area contributed by atoms with Gasteiger partial charge in [0.05, 0.1) is 12.6 Å². The molecule has 0 radical (unpaired) electrons. The molecule has 0 saturated heterocycles. The average molecular weight is 248 g/mol. The lowest BCUT2D eigenvalue weighted by Gasteiger charge is -2.23. The van der Waals surface area contributed by atoms with Crippen molar-refractivity contribution in [3.05, 3.63) is 35.9 Å². The molecule has 0 aliphatic heterocycles. The summed E-state index contributed by atoms with van der Waals surface area (Å²) in [5, 5.41) is 16.1. The maximum Gasteiger partial charge on any atom is 0.233 e.